The predicted octanol–water partition coefficient (Wildman–Crippen LogP) is 0.792. The van der Waals surface area contributed by atoms with Crippen LogP contribution in [0, 0.1) is 0 Å². The SMILES string of the molecule is CN(C)C(C(=O)NCCS)c1cscn1. The van der Waals surface area contributed by atoms with Crippen LogP contribution in [0.4, 0.5) is 0 Å². The fourth-order valence-electron chi connectivity index (χ4n) is 1.27. The summed E-state index contributed by atoms with van der Waals surface area (Å²) in [4.78, 5) is 17.8. The van der Waals surface area contributed by atoms with Crippen LogP contribution in [0.15, 0.2) is 10.9 Å². The highest BCUT2D eigenvalue weighted by Gasteiger charge is 2.23. The Morgan fingerprint density at radius 3 is 2.93 bits per heavy atom. The molecule has 6 heteroatoms. The quantitative estimate of drug-likeness (QED) is 0.754. The van der Waals surface area contributed by atoms with Gasteiger partial charge in [-0.1, -0.05) is 0 Å². The summed E-state index contributed by atoms with van der Waals surface area (Å²) >= 11 is 5.54. The molecule has 1 unspecified atom stereocenters. The maximum absolute atomic E-state index is 11.8. The summed E-state index contributed by atoms with van der Waals surface area (Å²) in [5.74, 6) is 0.614. The van der Waals surface area contributed by atoms with Gasteiger partial charge in [0, 0.05) is 17.7 Å². The fraction of sp³-hybridized carbons (Fsp3) is 0.556. The zero-order valence-electron chi connectivity index (χ0n) is 8.80. The normalized spacial score (nSPS) is 12.8. The van der Waals surface area contributed by atoms with Gasteiger partial charge in [-0.15, -0.1) is 11.3 Å². The topological polar surface area (TPSA) is 45.2 Å². The van der Waals surface area contributed by atoms with Gasteiger partial charge < -0.3 is 5.32 Å². The van der Waals surface area contributed by atoms with Gasteiger partial charge >= 0.3 is 0 Å². The average Bonchev–Trinajstić information content (AvgIpc) is 2.67. The van der Waals surface area contributed by atoms with Crippen LogP contribution >= 0.6 is 24.0 Å². The molecule has 0 aromatic carbocycles. The Kier molecular flexibility index (Phi) is 5.07. The minimum absolute atomic E-state index is 0.0278. The molecule has 1 N–H and O–H groups in total. The molecule has 0 saturated carbocycles. The first kappa shape index (κ1) is 12.5. The van der Waals surface area contributed by atoms with Gasteiger partial charge in [0.25, 0.3) is 0 Å². The number of thiol groups is 1. The van der Waals surface area contributed by atoms with Gasteiger partial charge in [0.15, 0.2) is 0 Å². The van der Waals surface area contributed by atoms with E-state index in [4.69, 9.17) is 0 Å². The van der Waals surface area contributed by atoms with E-state index in [1.807, 2.05) is 24.4 Å². The van der Waals surface area contributed by atoms with Crippen molar-refractivity contribution in [2.75, 3.05) is 26.4 Å². The molecular formula is C9H15N3OS2. The van der Waals surface area contributed by atoms with Crippen LogP contribution in [0.2, 0.25) is 0 Å². The molecule has 4 nitrogen and oxygen atoms in total. The van der Waals surface area contributed by atoms with Crippen molar-refractivity contribution in [2.45, 2.75) is 6.04 Å². The third-order valence-electron chi connectivity index (χ3n) is 1.91. The van der Waals surface area contributed by atoms with Crippen molar-refractivity contribution in [3.05, 3.63) is 16.6 Å². The van der Waals surface area contributed by atoms with E-state index in [9.17, 15) is 4.79 Å². The van der Waals surface area contributed by atoms with E-state index < -0.39 is 0 Å². The highest BCUT2D eigenvalue weighted by molar-refractivity contribution is 7.80. The number of hydrogen-bond acceptors (Lipinski definition) is 5. The Balaban J connectivity index is 2.71. The van der Waals surface area contributed by atoms with E-state index in [0.717, 1.165) is 5.69 Å². The van der Waals surface area contributed by atoms with E-state index in [2.05, 4.69) is 22.9 Å². The van der Waals surface area contributed by atoms with E-state index in [-0.39, 0.29) is 11.9 Å². The van der Waals surface area contributed by atoms with Crippen molar-refractivity contribution in [3.63, 3.8) is 0 Å². The number of likely N-dealkylation sites (N-methyl/N-ethyl adjacent to an activating group) is 1. The molecule has 15 heavy (non-hydrogen) atoms. The molecule has 0 aliphatic rings. The largest absolute Gasteiger partial charge is 0.354 e. The maximum Gasteiger partial charge on any atom is 0.243 e. The molecule has 84 valence electrons. The molecule has 0 saturated heterocycles. The van der Waals surface area contributed by atoms with Crippen molar-refractivity contribution in [1.82, 2.24) is 15.2 Å². The van der Waals surface area contributed by atoms with Crippen molar-refractivity contribution in [2.24, 2.45) is 0 Å². The van der Waals surface area contributed by atoms with E-state index in [0.29, 0.717) is 12.3 Å². The standard InChI is InChI=1S/C9H15N3OS2/c1-12(2)8(7-5-15-6-11-7)9(13)10-3-4-14/h5-6,8,14H,3-4H2,1-2H3,(H,10,13). The molecule has 1 amide bonds. The Bertz CT molecular complexity index is 300. The Labute approximate surface area is 99.1 Å². The Morgan fingerprint density at radius 1 is 1.73 bits per heavy atom. The summed E-state index contributed by atoms with van der Waals surface area (Å²) < 4.78 is 0. The summed E-state index contributed by atoms with van der Waals surface area (Å²) in [5.41, 5.74) is 2.53. The number of hydrogen-bond donors (Lipinski definition) is 2. The number of carbonyl (C=O) groups excluding carboxylic acids is 1. The molecule has 1 atom stereocenters. The van der Waals surface area contributed by atoms with E-state index in [1.54, 1.807) is 5.51 Å². The number of carbonyl (C=O) groups is 1. The first-order valence-corrected chi connectivity index (χ1v) is 6.17. The van der Waals surface area contributed by atoms with Crippen molar-refractivity contribution >= 4 is 29.9 Å². The summed E-state index contributed by atoms with van der Waals surface area (Å²) in [6.45, 7) is 0.580. The second kappa shape index (κ2) is 6.09. The third kappa shape index (κ3) is 3.48. The highest BCUT2D eigenvalue weighted by atomic mass is 32.1. The van der Waals surface area contributed by atoms with Gasteiger partial charge in [0.1, 0.15) is 6.04 Å². The number of rotatable bonds is 5. The minimum Gasteiger partial charge on any atom is -0.354 e. The molecule has 0 fully saturated rings. The van der Waals surface area contributed by atoms with Crippen molar-refractivity contribution < 1.29 is 4.79 Å². The lowest BCUT2D eigenvalue weighted by molar-refractivity contribution is -0.125. The number of amides is 1. The average molecular weight is 245 g/mol. The lowest BCUT2D eigenvalue weighted by Gasteiger charge is -2.21. The molecule has 0 aliphatic heterocycles. The molecule has 0 aliphatic carbocycles. The summed E-state index contributed by atoms with van der Waals surface area (Å²) in [6.07, 6.45) is 0. The van der Waals surface area contributed by atoms with Gasteiger partial charge in [0.2, 0.25) is 5.91 Å². The first-order valence-electron chi connectivity index (χ1n) is 4.60. The molecule has 1 aromatic heterocycles. The van der Waals surface area contributed by atoms with Gasteiger partial charge in [-0.25, -0.2) is 4.98 Å². The monoisotopic (exact) mass is 245 g/mol. The zero-order valence-corrected chi connectivity index (χ0v) is 10.5. The maximum atomic E-state index is 11.8. The minimum atomic E-state index is -0.309. The zero-order chi connectivity index (χ0) is 11.3. The molecule has 1 rings (SSSR count). The van der Waals surface area contributed by atoms with E-state index in [1.165, 1.54) is 11.3 Å². The van der Waals surface area contributed by atoms with Gasteiger partial charge in [-0.2, -0.15) is 12.6 Å². The molecular weight excluding hydrogens is 230 g/mol. The van der Waals surface area contributed by atoms with Crippen LogP contribution < -0.4 is 5.32 Å². The fourth-order valence-corrected chi connectivity index (χ4v) is 1.95. The molecule has 1 aromatic rings. The van der Waals surface area contributed by atoms with Crippen LogP contribution in [0.25, 0.3) is 0 Å². The lowest BCUT2D eigenvalue weighted by Crippen LogP contribution is -2.38. The highest BCUT2D eigenvalue weighted by Crippen LogP contribution is 2.17. The molecule has 0 spiro atoms. The van der Waals surface area contributed by atoms with Crippen LogP contribution in [0.1, 0.15) is 11.7 Å². The van der Waals surface area contributed by atoms with Gasteiger partial charge in [-0.05, 0) is 14.1 Å². The van der Waals surface area contributed by atoms with Crippen LogP contribution in [0.5, 0.6) is 0 Å². The van der Waals surface area contributed by atoms with Gasteiger partial charge in [0.05, 0.1) is 11.2 Å². The Hall–Kier alpha value is -0.590. The predicted molar refractivity (Wildman–Crippen MR) is 65.4 cm³/mol. The van der Waals surface area contributed by atoms with Crippen molar-refractivity contribution in [1.29, 1.82) is 0 Å². The second-order valence-electron chi connectivity index (χ2n) is 3.29. The number of thiazole rings is 1. The number of nitrogens with zero attached hydrogens (tertiary/aromatic N) is 2. The van der Waals surface area contributed by atoms with Gasteiger partial charge in [-0.3, -0.25) is 9.69 Å². The molecule has 1 heterocycles. The smallest absolute Gasteiger partial charge is 0.243 e. The Morgan fingerprint density at radius 2 is 2.47 bits per heavy atom. The van der Waals surface area contributed by atoms with Crippen molar-refractivity contribution in [3.8, 4) is 0 Å². The molecule has 0 bridgehead atoms. The number of aromatic nitrogens is 1. The second-order valence-corrected chi connectivity index (χ2v) is 4.46. The summed E-state index contributed by atoms with van der Waals surface area (Å²) in [6, 6.07) is -0.309. The first-order chi connectivity index (χ1) is 7.16. The molecule has 0 radical (unpaired) electrons. The summed E-state index contributed by atoms with van der Waals surface area (Å²) in [7, 11) is 3.73. The summed E-state index contributed by atoms with van der Waals surface area (Å²) in [5, 5.41) is 4.70. The van der Waals surface area contributed by atoms with Crippen LogP contribution in [-0.4, -0.2) is 42.2 Å². The number of nitrogens with one attached hydrogen (secondary N) is 1. The van der Waals surface area contributed by atoms with E-state index >= 15 is 0 Å². The van der Waals surface area contributed by atoms with Crippen LogP contribution in [-0.2, 0) is 4.79 Å². The lowest BCUT2D eigenvalue weighted by atomic mass is 10.2. The van der Waals surface area contributed by atoms with Crippen LogP contribution in [0.3, 0.4) is 0 Å². The third-order valence-corrected chi connectivity index (χ3v) is 2.74.